The van der Waals surface area contributed by atoms with E-state index in [4.69, 9.17) is 0 Å². The average molecular weight is 411 g/mol. The first kappa shape index (κ1) is 23.1. The molecule has 0 N–H and O–H groups in total. The average Bonchev–Trinajstić information content (AvgIpc) is 2.55. The molecule has 22 heavy (non-hydrogen) atoms. The topological polar surface area (TPSA) is 13.0 Å². The zero-order valence-electron chi connectivity index (χ0n) is 16.8. The summed E-state index contributed by atoms with van der Waals surface area (Å²) in [7, 11) is 8.66. The highest BCUT2D eigenvalue weighted by Crippen LogP contribution is 2.16. The fourth-order valence-corrected chi connectivity index (χ4v) is 38.9. The molecule has 0 spiro atoms. The number of hydrogen-bond acceptors (Lipinski definition) is 4. The molecule has 3 atom stereocenters. The van der Waals surface area contributed by atoms with Gasteiger partial charge in [-0.3, -0.25) is 0 Å². The normalized spacial score (nSPS) is 17.2. The summed E-state index contributed by atoms with van der Waals surface area (Å²) in [5.41, 5.74) is 4.61. The fraction of sp³-hybridized carbons (Fsp3) is 1.00. The highest BCUT2D eigenvalue weighted by molar-refractivity contribution is 6.88. The van der Waals surface area contributed by atoms with E-state index in [1.807, 2.05) is 0 Å². The largest absolute Gasteiger partial charge is 0.339 e. The molecule has 0 aromatic rings. The van der Waals surface area contributed by atoms with Crippen molar-refractivity contribution >= 4 is 58.1 Å². The minimum absolute atomic E-state index is 0.900. The highest BCUT2D eigenvalue weighted by atomic mass is 28.4. The van der Waals surface area contributed by atoms with E-state index in [1.165, 1.54) is 67.4 Å². The van der Waals surface area contributed by atoms with Gasteiger partial charge in [-0.15, -0.1) is 0 Å². The van der Waals surface area contributed by atoms with Crippen LogP contribution in [0.2, 0.25) is 17.0 Å². The molecule has 0 amide bonds. The summed E-state index contributed by atoms with van der Waals surface area (Å²) >= 11 is 0. The molecule has 0 rings (SSSR count). The minimum atomic E-state index is -0.900. The van der Waals surface area contributed by atoms with Gasteiger partial charge in [-0.2, -0.15) is 0 Å². The van der Waals surface area contributed by atoms with Crippen molar-refractivity contribution in [1.29, 1.82) is 0 Å². The molecule has 0 saturated carbocycles. The molecule has 0 bridgehead atoms. The first-order valence-electron chi connectivity index (χ1n) is 9.31. The molecule has 0 aromatic carbocycles. The van der Waals surface area contributed by atoms with Gasteiger partial charge < -0.3 is 17.6 Å². The van der Waals surface area contributed by atoms with Gasteiger partial charge in [-0.05, 0) is 57.8 Å². The van der Waals surface area contributed by atoms with E-state index < -0.39 is 27.4 Å². The first-order valence-corrected chi connectivity index (χ1v) is 19.1. The molecule has 0 aliphatic heterocycles. The van der Waals surface area contributed by atoms with Gasteiger partial charge in [0.1, 0.15) is 0 Å². The highest BCUT2D eigenvalue weighted by Gasteiger charge is 2.37. The molecular formula is C12H42N4Si6. The summed E-state index contributed by atoms with van der Waals surface area (Å²) in [4.78, 5) is 0. The molecule has 0 saturated heterocycles. The summed E-state index contributed by atoms with van der Waals surface area (Å²) in [6.07, 6.45) is 0. The summed E-state index contributed by atoms with van der Waals surface area (Å²) in [6.45, 7) is 10.8. The smallest absolute Gasteiger partial charge is 0.174 e. The van der Waals surface area contributed by atoms with Crippen LogP contribution in [0.1, 0.15) is 20.8 Å². The molecule has 0 heterocycles. The van der Waals surface area contributed by atoms with E-state index in [2.05, 4.69) is 59.5 Å². The van der Waals surface area contributed by atoms with Crippen LogP contribution in [0.3, 0.4) is 0 Å². The summed E-state index contributed by atoms with van der Waals surface area (Å²) in [5.74, 6) is 0. The molecule has 0 aliphatic rings. The standard InChI is InChI=1S/C12H42N4Si6/c1-7-13(4)20(10-17)16(21(11-18)14(5)8-2)22(12-19)15(6)9-3/h20-22H,7-12H2,1-6,17-19H3. The molecule has 0 aliphatic carbocycles. The van der Waals surface area contributed by atoms with Crippen molar-refractivity contribution in [1.82, 2.24) is 17.6 Å². The third-order valence-electron chi connectivity index (χ3n) is 5.15. The second-order valence-corrected chi connectivity index (χ2v) is 25.2. The van der Waals surface area contributed by atoms with Gasteiger partial charge in [-0.1, -0.05) is 20.8 Å². The van der Waals surface area contributed by atoms with Gasteiger partial charge in [0, 0.05) is 30.7 Å². The Morgan fingerprint density at radius 2 is 0.818 bits per heavy atom. The quantitative estimate of drug-likeness (QED) is 0.314. The van der Waals surface area contributed by atoms with Crippen LogP contribution < -0.4 is 0 Å². The van der Waals surface area contributed by atoms with Crippen LogP contribution in [0.4, 0.5) is 0 Å². The Kier molecular flexibility index (Phi) is 13.1. The molecule has 3 unspecified atom stereocenters. The van der Waals surface area contributed by atoms with Crippen molar-refractivity contribution in [3.05, 3.63) is 0 Å². The molecule has 134 valence electrons. The van der Waals surface area contributed by atoms with E-state index in [-0.39, 0.29) is 0 Å². The van der Waals surface area contributed by atoms with Gasteiger partial charge in [0.2, 0.25) is 0 Å². The third-order valence-corrected chi connectivity index (χ3v) is 26.3. The Morgan fingerprint density at radius 1 is 0.591 bits per heavy atom. The Balaban J connectivity index is 5.70. The molecule has 4 nitrogen and oxygen atoms in total. The number of rotatable bonds is 12. The molecule has 0 aromatic heterocycles. The zero-order chi connectivity index (χ0) is 17.3. The van der Waals surface area contributed by atoms with Crippen molar-refractivity contribution in [2.24, 2.45) is 0 Å². The Hall–Kier alpha value is 1.14. The maximum absolute atomic E-state index is 3.28. The van der Waals surface area contributed by atoms with Crippen LogP contribution in [-0.4, -0.2) is 116 Å². The van der Waals surface area contributed by atoms with Gasteiger partial charge in [0.15, 0.2) is 27.4 Å². The number of nitrogens with zero attached hydrogens (tertiary/aromatic N) is 4. The van der Waals surface area contributed by atoms with Crippen LogP contribution in [0.5, 0.6) is 0 Å². The van der Waals surface area contributed by atoms with Crippen molar-refractivity contribution < 1.29 is 0 Å². The fourth-order valence-electron chi connectivity index (χ4n) is 3.48. The SMILES string of the molecule is CCN(C)[SiH](C[SiH3])N([SiH](C[SiH3])N(C)CC)[SiH](C[SiH3])N(C)CC. The lowest BCUT2D eigenvalue weighted by Crippen LogP contribution is -2.70. The van der Waals surface area contributed by atoms with E-state index in [9.17, 15) is 0 Å². The van der Waals surface area contributed by atoms with Crippen molar-refractivity contribution in [3.8, 4) is 0 Å². The Morgan fingerprint density at radius 3 is 0.955 bits per heavy atom. The lowest BCUT2D eigenvalue weighted by Gasteiger charge is -2.49. The third kappa shape index (κ3) is 6.22. The molecule has 10 heteroatoms. The van der Waals surface area contributed by atoms with Crippen LogP contribution in [0.25, 0.3) is 0 Å². The summed E-state index contributed by atoms with van der Waals surface area (Å²) in [6, 6.07) is 0. The van der Waals surface area contributed by atoms with E-state index in [0.29, 0.717) is 0 Å². The van der Waals surface area contributed by atoms with Crippen LogP contribution in [0, 0.1) is 0 Å². The van der Waals surface area contributed by atoms with Gasteiger partial charge in [-0.25, -0.2) is 0 Å². The number of hydrogen-bond donors (Lipinski definition) is 0. The van der Waals surface area contributed by atoms with E-state index in [0.717, 1.165) is 0 Å². The van der Waals surface area contributed by atoms with Crippen molar-refractivity contribution in [3.63, 3.8) is 0 Å². The van der Waals surface area contributed by atoms with Crippen LogP contribution >= 0.6 is 0 Å². The molecule has 0 radical (unpaired) electrons. The second kappa shape index (κ2) is 12.5. The summed E-state index contributed by atoms with van der Waals surface area (Å²) in [5, 5.41) is 0. The van der Waals surface area contributed by atoms with Crippen LogP contribution in [0.15, 0.2) is 0 Å². The molecular weight excluding hydrogens is 369 g/mol. The monoisotopic (exact) mass is 410 g/mol. The predicted octanol–water partition coefficient (Wildman–Crippen LogP) is -3.23. The second-order valence-electron chi connectivity index (χ2n) is 6.33. The van der Waals surface area contributed by atoms with E-state index >= 15 is 0 Å². The van der Waals surface area contributed by atoms with Gasteiger partial charge >= 0.3 is 0 Å². The predicted molar refractivity (Wildman–Crippen MR) is 122 cm³/mol. The first-order chi connectivity index (χ1) is 10.4. The van der Waals surface area contributed by atoms with Gasteiger partial charge in [0.05, 0.1) is 0 Å². The Bertz CT molecular complexity index is 246. The van der Waals surface area contributed by atoms with Crippen molar-refractivity contribution in [2.75, 3.05) is 40.8 Å². The lowest BCUT2D eigenvalue weighted by molar-refractivity contribution is 0.465. The van der Waals surface area contributed by atoms with Crippen LogP contribution in [-0.2, 0) is 0 Å². The summed E-state index contributed by atoms with van der Waals surface area (Å²) < 4.78 is 11.6. The van der Waals surface area contributed by atoms with Gasteiger partial charge in [0.25, 0.3) is 0 Å². The zero-order valence-corrected chi connectivity index (χ0v) is 26.2. The maximum atomic E-state index is 3.28. The molecule has 0 fully saturated rings. The Labute approximate surface area is 154 Å². The minimum Gasteiger partial charge on any atom is -0.339 e. The van der Waals surface area contributed by atoms with E-state index in [1.54, 1.807) is 0 Å². The lowest BCUT2D eigenvalue weighted by atomic mass is 10.8. The van der Waals surface area contributed by atoms with Crippen molar-refractivity contribution in [2.45, 2.75) is 37.8 Å². The maximum Gasteiger partial charge on any atom is 0.174 e.